The van der Waals surface area contributed by atoms with Crippen LogP contribution in [0.2, 0.25) is 0 Å². The predicted molar refractivity (Wildman–Crippen MR) is 43.3 cm³/mol. The SMILES string of the molecule is CCS(=O)(=O)c1cc[nH]c1C. The molecule has 4 heteroatoms. The normalized spacial score (nSPS) is 11.8. The molecule has 0 aliphatic rings. The Hall–Kier alpha value is -0.770. The Bertz CT molecular complexity index is 337. The molecule has 1 aromatic rings. The standard InChI is InChI=1S/C7H11NO2S/c1-3-11(9,10)7-4-5-8-6(7)2/h4-5,8H,3H2,1-2H3. The van der Waals surface area contributed by atoms with E-state index in [1.165, 1.54) is 0 Å². The fraction of sp³-hybridized carbons (Fsp3) is 0.429. The Balaban J connectivity index is 3.22. The van der Waals surface area contributed by atoms with Crippen LogP contribution in [0.4, 0.5) is 0 Å². The summed E-state index contributed by atoms with van der Waals surface area (Å²) in [6.07, 6.45) is 1.64. The van der Waals surface area contributed by atoms with Crippen molar-refractivity contribution in [2.75, 3.05) is 5.75 Å². The number of aryl methyl sites for hydroxylation is 1. The van der Waals surface area contributed by atoms with Crippen molar-refractivity contribution in [3.05, 3.63) is 18.0 Å². The number of nitrogens with one attached hydrogen (secondary N) is 1. The van der Waals surface area contributed by atoms with Crippen LogP contribution in [0.3, 0.4) is 0 Å². The van der Waals surface area contributed by atoms with Crippen LogP contribution in [0, 0.1) is 6.92 Å². The van der Waals surface area contributed by atoms with Gasteiger partial charge in [0.2, 0.25) is 0 Å². The van der Waals surface area contributed by atoms with Crippen molar-refractivity contribution < 1.29 is 8.42 Å². The molecule has 1 rings (SSSR count). The molecular formula is C7H11NO2S. The molecule has 0 bridgehead atoms. The fourth-order valence-corrected chi connectivity index (χ4v) is 2.04. The topological polar surface area (TPSA) is 49.9 Å². The van der Waals surface area contributed by atoms with Gasteiger partial charge in [-0.25, -0.2) is 8.42 Å². The van der Waals surface area contributed by atoms with Gasteiger partial charge < -0.3 is 4.98 Å². The maximum absolute atomic E-state index is 11.3. The van der Waals surface area contributed by atoms with E-state index in [4.69, 9.17) is 0 Å². The van der Waals surface area contributed by atoms with E-state index in [2.05, 4.69) is 4.98 Å². The van der Waals surface area contributed by atoms with Gasteiger partial charge in [-0.1, -0.05) is 6.92 Å². The molecule has 1 aromatic heterocycles. The molecule has 62 valence electrons. The highest BCUT2D eigenvalue weighted by Gasteiger charge is 2.14. The summed E-state index contributed by atoms with van der Waals surface area (Å²) in [5.74, 6) is 0.158. The lowest BCUT2D eigenvalue weighted by molar-refractivity contribution is 0.597. The van der Waals surface area contributed by atoms with E-state index in [-0.39, 0.29) is 5.75 Å². The average molecular weight is 173 g/mol. The molecule has 0 radical (unpaired) electrons. The van der Waals surface area contributed by atoms with E-state index in [1.54, 1.807) is 26.1 Å². The molecule has 0 spiro atoms. The van der Waals surface area contributed by atoms with Crippen LogP contribution in [-0.2, 0) is 9.84 Å². The summed E-state index contributed by atoms with van der Waals surface area (Å²) in [5, 5.41) is 0. The lowest BCUT2D eigenvalue weighted by atomic mass is 10.5. The Morgan fingerprint density at radius 1 is 1.55 bits per heavy atom. The van der Waals surface area contributed by atoms with Crippen molar-refractivity contribution >= 4 is 9.84 Å². The first-order chi connectivity index (χ1) is 5.08. The zero-order chi connectivity index (χ0) is 8.48. The monoisotopic (exact) mass is 173 g/mol. The van der Waals surface area contributed by atoms with Gasteiger partial charge in [0.25, 0.3) is 0 Å². The number of aromatic nitrogens is 1. The Morgan fingerprint density at radius 2 is 2.18 bits per heavy atom. The number of aromatic amines is 1. The number of hydrogen-bond donors (Lipinski definition) is 1. The van der Waals surface area contributed by atoms with Gasteiger partial charge in [0, 0.05) is 11.9 Å². The highest BCUT2D eigenvalue weighted by molar-refractivity contribution is 7.91. The Kier molecular flexibility index (Phi) is 2.04. The van der Waals surface area contributed by atoms with Gasteiger partial charge in [-0.05, 0) is 13.0 Å². The highest BCUT2D eigenvalue weighted by Crippen LogP contribution is 2.13. The lowest BCUT2D eigenvalue weighted by Crippen LogP contribution is -2.03. The van der Waals surface area contributed by atoms with Crippen LogP contribution < -0.4 is 0 Å². The second-order valence-electron chi connectivity index (χ2n) is 2.37. The van der Waals surface area contributed by atoms with Crippen molar-refractivity contribution in [1.82, 2.24) is 4.98 Å². The second kappa shape index (κ2) is 2.70. The Morgan fingerprint density at radius 3 is 2.55 bits per heavy atom. The molecular weight excluding hydrogens is 162 g/mol. The van der Waals surface area contributed by atoms with E-state index in [0.29, 0.717) is 10.6 Å². The second-order valence-corrected chi connectivity index (χ2v) is 4.62. The molecule has 0 aromatic carbocycles. The first kappa shape index (κ1) is 8.33. The van der Waals surface area contributed by atoms with E-state index in [9.17, 15) is 8.42 Å². The molecule has 0 saturated carbocycles. The summed E-state index contributed by atoms with van der Waals surface area (Å²) >= 11 is 0. The van der Waals surface area contributed by atoms with Crippen LogP contribution >= 0.6 is 0 Å². The molecule has 0 aliphatic carbocycles. The summed E-state index contributed by atoms with van der Waals surface area (Å²) in [5.41, 5.74) is 0.715. The lowest BCUT2D eigenvalue weighted by Gasteiger charge is -1.97. The van der Waals surface area contributed by atoms with Crippen LogP contribution in [0.15, 0.2) is 17.2 Å². The zero-order valence-electron chi connectivity index (χ0n) is 6.59. The zero-order valence-corrected chi connectivity index (χ0v) is 7.40. The maximum atomic E-state index is 11.3. The number of sulfone groups is 1. The van der Waals surface area contributed by atoms with Crippen molar-refractivity contribution in [3.63, 3.8) is 0 Å². The minimum Gasteiger partial charge on any atom is -0.364 e. The summed E-state index contributed by atoms with van der Waals surface area (Å²) in [6.45, 7) is 3.39. The average Bonchev–Trinajstić information content (AvgIpc) is 2.36. The molecule has 0 saturated heterocycles. The van der Waals surface area contributed by atoms with Crippen LogP contribution in [0.25, 0.3) is 0 Å². The molecule has 1 heterocycles. The number of rotatable bonds is 2. The molecule has 0 aliphatic heterocycles. The van der Waals surface area contributed by atoms with Gasteiger partial charge in [-0.3, -0.25) is 0 Å². The summed E-state index contributed by atoms with van der Waals surface area (Å²) in [7, 11) is -3.02. The summed E-state index contributed by atoms with van der Waals surface area (Å²) in [4.78, 5) is 3.25. The predicted octanol–water partition coefficient (Wildman–Crippen LogP) is 1.12. The molecule has 0 atom stereocenters. The smallest absolute Gasteiger partial charge is 0.179 e. The first-order valence-electron chi connectivity index (χ1n) is 3.44. The first-order valence-corrected chi connectivity index (χ1v) is 5.10. The molecule has 0 fully saturated rings. The minimum absolute atomic E-state index is 0.158. The van der Waals surface area contributed by atoms with Crippen molar-refractivity contribution in [1.29, 1.82) is 0 Å². The van der Waals surface area contributed by atoms with Gasteiger partial charge in [0.15, 0.2) is 9.84 Å². The van der Waals surface area contributed by atoms with Crippen molar-refractivity contribution in [2.24, 2.45) is 0 Å². The van der Waals surface area contributed by atoms with Crippen LogP contribution in [0.1, 0.15) is 12.6 Å². The van der Waals surface area contributed by atoms with Crippen LogP contribution in [0.5, 0.6) is 0 Å². The summed E-state index contributed by atoms with van der Waals surface area (Å²) in [6, 6.07) is 1.59. The third-order valence-electron chi connectivity index (χ3n) is 1.62. The molecule has 3 nitrogen and oxygen atoms in total. The van der Waals surface area contributed by atoms with Crippen molar-refractivity contribution in [2.45, 2.75) is 18.7 Å². The quantitative estimate of drug-likeness (QED) is 0.728. The molecule has 0 unspecified atom stereocenters. The number of hydrogen-bond acceptors (Lipinski definition) is 2. The van der Waals surface area contributed by atoms with Crippen molar-refractivity contribution in [3.8, 4) is 0 Å². The molecule has 11 heavy (non-hydrogen) atoms. The van der Waals surface area contributed by atoms with E-state index in [0.717, 1.165) is 0 Å². The Labute approximate surface area is 66.4 Å². The van der Waals surface area contributed by atoms with Crippen LogP contribution in [-0.4, -0.2) is 19.2 Å². The molecule has 0 amide bonds. The third-order valence-corrected chi connectivity index (χ3v) is 3.49. The van der Waals surface area contributed by atoms with Gasteiger partial charge in [-0.2, -0.15) is 0 Å². The third kappa shape index (κ3) is 1.45. The van der Waals surface area contributed by atoms with Gasteiger partial charge >= 0.3 is 0 Å². The van der Waals surface area contributed by atoms with E-state index >= 15 is 0 Å². The molecule has 1 N–H and O–H groups in total. The fourth-order valence-electron chi connectivity index (χ4n) is 0.931. The largest absolute Gasteiger partial charge is 0.364 e. The van der Waals surface area contributed by atoms with E-state index in [1.807, 2.05) is 0 Å². The van der Waals surface area contributed by atoms with Gasteiger partial charge in [0.05, 0.1) is 10.6 Å². The van der Waals surface area contributed by atoms with Gasteiger partial charge in [-0.15, -0.1) is 0 Å². The number of H-pyrrole nitrogens is 1. The summed E-state index contributed by atoms with van der Waals surface area (Å²) < 4.78 is 22.5. The van der Waals surface area contributed by atoms with Gasteiger partial charge in [0.1, 0.15) is 0 Å². The maximum Gasteiger partial charge on any atom is 0.179 e. The minimum atomic E-state index is -3.02. The van der Waals surface area contributed by atoms with E-state index < -0.39 is 9.84 Å². The highest BCUT2D eigenvalue weighted by atomic mass is 32.2.